The van der Waals surface area contributed by atoms with Gasteiger partial charge in [-0.15, -0.1) is 0 Å². The lowest BCUT2D eigenvalue weighted by Crippen LogP contribution is -2.31. The van der Waals surface area contributed by atoms with Gasteiger partial charge in [-0.05, 0) is 42.2 Å². The fraction of sp³-hybridized carbons (Fsp3) is 0.333. The molecular weight excluding hydrogens is 344 g/mol. The predicted molar refractivity (Wildman–Crippen MR) is 101 cm³/mol. The van der Waals surface area contributed by atoms with Gasteiger partial charge in [-0.1, -0.05) is 24.3 Å². The normalized spacial score (nSPS) is 17.6. The largest absolute Gasteiger partial charge is 0.486 e. The Morgan fingerprint density at radius 1 is 1.11 bits per heavy atom. The second-order valence-corrected chi connectivity index (χ2v) is 6.84. The van der Waals surface area contributed by atoms with E-state index in [4.69, 9.17) is 9.47 Å². The Kier molecular flexibility index (Phi) is 4.96. The molecule has 4 rings (SSSR count). The number of hydrogen-bond acceptors (Lipinski definition) is 4. The first kappa shape index (κ1) is 17.4. The van der Waals surface area contributed by atoms with Crippen molar-refractivity contribution >= 4 is 17.5 Å². The summed E-state index contributed by atoms with van der Waals surface area (Å²) in [5, 5.41) is 5.84. The maximum atomic E-state index is 12.2. The van der Waals surface area contributed by atoms with E-state index in [1.807, 2.05) is 42.5 Å². The Balaban J connectivity index is 1.27. The van der Waals surface area contributed by atoms with Crippen LogP contribution in [-0.4, -0.2) is 25.0 Å². The highest BCUT2D eigenvalue weighted by Crippen LogP contribution is 2.31. The zero-order chi connectivity index (χ0) is 18.6. The van der Waals surface area contributed by atoms with Gasteiger partial charge in [0.1, 0.15) is 13.2 Å². The number of fused-ring (bicyclic) bond motifs is 2. The molecule has 0 aliphatic carbocycles. The minimum atomic E-state index is -0.167. The van der Waals surface area contributed by atoms with Crippen LogP contribution in [0.2, 0.25) is 0 Å². The molecule has 27 heavy (non-hydrogen) atoms. The molecule has 2 aliphatic rings. The van der Waals surface area contributed by atoms with Crippen LogP contribution in [0.4, 0.5) is 5.69 Å². The molecule has 0 spiro atoms. The number of para-hydroxylation sites is 1. The van der Waals surface area contributed by atoms with Crippen LogP contribution >= 0.6 is 0 Å². The minimum Gasteiger partial charge on any atom is -0.486 e. The molecule has 2 heterocycles. The third-order valence-electron chi connectivity index (χ3n) is 4.93. The quantitative estimate of drug-likeness (QED) is 0.853. The molecule has 2 aliphatic heterocycles. The van der Waals surface area contributed by atoms with Crippen molar-refractivity contribution in [1.82, 2.24) is 5.32 Å². The van der Waals surface area contributed by atoms with Gasteiger partial charge >= 0.3 is 0 Å². The van der Waals surface area contributed by atoms with E-state index in [1.165, 1.54) is 0 Å². The summed E-state index contributed by atoms with van der Waals surface area (Å²) in [7, 11) is 0. The molecule has 2 aromatic rings. The van der Waals surface area contributed by atoms with Gasteiger partial charge in [-0.3, -0.25) is 9.59 Å². The molecule has 0 radical (unpaired) electrons. The Morgan fingerprint density at radius 3 is 2.81 bits per heavy atom. The van der Waals surface area contributed by atoms with E-state index in [0.717, 1.165) is 22.6 Å². The van der Waals surface area contributed by atoms with E-state index in [9.17, 15) is 9.59 Å². The van der Waals surface area contributed by atoms with Crippen molar-refractivity contribution in [2.75, 3.05) is 18.5 Å². The molecule has 6 nitrogen and oxygen atoms in total. The van der Waals surface area contributed by atoms with Crippen molar-refractivity contribution in [2.45, 2.75) is 25.8 Å². The maximum absolute atomic E-state index is 12.2. The number of benzene rings is 2. The Hall–Kier alpha value is -3.02. The van der Waals surface area contributed by atoms with Crippen LogP contribution in [0.1, 0.15) is 24.0 Å². The Morgan fingerprint density at radius 2 is 1.93 bits per heavy atom. The summed E-state index contributed by atoms with van der Waals surface area (Å²) >= 11 is 0. The summed E-state index contributed by atoms with van der Waals surface area (Å²) < 4.78 is 11.1. The molecule has 0 aromatic heterocycles. The molecule has 0 saturated carbocycles. The number of rotatable bonds is 5. The molecule has 140 valence electrons. The van der Waals surface area contributed by atoms with Crippen molar-refractivity contribution in [3.05, 3.63) is 53.6 Å². The van der Waals surface area contributed by atoms with Crippen LogP contribution in [0.25, 0.3) is 0 Å². The topological polar surface area (TPSA) is 76.7 Å². The fourth-order valence-electron chi connectivity index (χ4n) is 3.44. The van der Waals surface area contributed by atoms with Gasteiger partial charge in [0.05, 0.1) is 0 Å². The minimum absolute atomic E-state index is 0.00617. The molecule has 1 atom stereocenters. The average Bonchev–Trinajstić information content (AvgIpc) is 2.70. The van der Waals surface area contributed by atoms with Gasteiger partial charge in [0, 0.05) is 24.6 Å². The summed E-state index contributed by atoms with van der Waals surface area (Å²) in [6.45, 7) is 1.52. The zero-order valence-electron chi connectivity index (χ0n) is 15.0. The standard InChI is InChI=1S/C21H22N2O4/c24-20(22-13-14-5-7-18-19(11-14)27-10-9-26-18)8-6-16-12-15-3-1-2-4-17(15)23-21(16)25/h1-5,7,11,16H,6,8-10,12-13H2,(H,22,24)(H,23,25). The van der Waals surface area contributed by atoms with E-state index in [2.05, 4.69) is 10.6 Å². The van der Waals surface area contributed by atoms with Crippen LogP contribution < -0.4 is 20.1 Å². The highest BCUT2D eigenvalue weighted by molar-refractivity contribution is 5.96. The van der Waals surface area contributed by atoms with Crippen LogP contribution in [0, 0.1) is 5.92 Å². The first-order chi connectivity index (χ1) is 13.2. The number of amides is 2. The number of hydrogen-bond donors (Lipinski definition) is 2. The number of ether oxygens (including phenoxy) is 2. The molecule has 2 N–H and O–H groups in total. The van der Waals surface area contributed by atoms with Crippen molar-refractivity contribution in [1.29, 1.82) is 0 Å². The van der Waals surface area contributed by atoms with Gasteiger partial charge in [-0.25, -0.2) is 0 Å². The van der Waals surface area contributed by atoms with Crippen molar-refractivity contribution in [2.24, 2.45) is 5.92 Å². The van der Waals surface area contributed by atoms with Crippen molar-refractivity contribution in [3.8, 4) is 11.5 Å². The second kappa shape index (κ2) is 7.70. The average molecular weight is 366 g/mol. The van der Waals surface area contributed by atoms with Crippen LogP contribution in [0.15, 0.2) is 42.5 Å². The predicted octanol–water partition coefficient (Wildman–Crippen LogP) is 2.67. The summed E-state index contributed by atoms with van der Waals surface area (Å²) in [6.07, 6.45) is 1.54. The van der Waals surface area contributed by atoms with E-state index < -0.39 is 0 Å². The summed E-state index contributed by atoms with van der Waals surface area (Å²) in [5.74, 6) is 1.22. The molecule has 0 bridgehead atoms. The number of anilines is 1. The maximum Gasteiger partial charge on any atom is 0.227 e. The van der Waals surface area contributed by atoms with Gasteiger partial charge in [0.15, 0.2) is 11.5 Å². The lowest BCUT2D eigenvalue weighted by molar-refractivity contribution is -0.122. The van der Waals surface area contributed by atoms with E-state index >= 15 is 0 Å². The van der Waals surface area contributed by atoms with Gasteiger partial charge in [0.2, 0.25) is 11.8 Å². The molecule has 0 saturated heterocycles. The molecule has 2 amide bonds. The molecule has 1 unspecified atom stereocenters. The summed E-state index contributed by atoms with van der Waals surface area (Å²) in [4.78, 5) is 24.4. The lowest BCUT2D eigenvalue weighted by Gasteiger charge is -2.24. The van der Waals surface area contributed by atoms with Crippen LogP contribution in [-0.2, 0) is 22.6 Å². The smallest absolute Gasteiger partial charge is 0.227 e. The van der Waals surface area contributed by atoms with E-state index in [-0.39, 0.29) is 17.7 Å². The van der Waals surface area contributed by atoms with Crippen molar-refractivity contribution < 1.29 is 19.1 Å². The van der Waals surface area contributed by atoms with E-state index in [0.29, 0.717) is 44.8 Å². The molecule has 6 heteroatoms. The second-order valence-electron chi connectivity index (χ2n) is 6.84. The van der Waals surface area contributed by atoms with Gasteiger partial charge in [-0.2, -0.15) is 0 Å². The highest BCUT2D eigenvalue weighted by atomic mass is 16.6. The summed E-state index contributed by atoms with van der Waals surface area (Å²) in [6, 6.07) is 13.5. The zero-order valence-corrected chi connectivity index (χ0v) is 15.0. The first-order valence-corrected chi connectivity index (χ1v) is 9.23. The molecule has 2 aromatic carbocycles. The molecular formula is C21H22N2O4. The number of nitrogens with one attached hydrogen (secondary N) is 2. The lowest BCUT2D eigenvalue weighted by atomic mass is 9.89. The third kappa shape index (κ3) is 4.05. The van der Waals surface area contributed by atoms with Gasteiger partial charge < -0.3 is 20.1 Å². The van der Waals surface area contributed by atoms with E-state index in [1.54, 1.807) is 0 Å². The Labute approximate surface area is 157 Å². The monoisotopic (exact) mass is 366 g/mol. The highest BCUT2D eigenvalue weighted by Gasteiger charge is 2.26. The number of carbonyl (C=O) groups excluding carboxylic acids is 2. The van der Waals surface area contributed by atoms with Crippen LogP contribution in [0.5, 0.6) is 11.5 Å². The Bertz CT molecular complexity index is 865. The first-order valence-electron chi connectivity index (χ1n) is 9.23. The molecule has 0 fully saturated rings. The van der Waals surface area contributed by atoms with Crippen LogP contribution in [0.3, 0.4) is 0 Å². The van der Waals surface area contributed by atoms with Crippen molar-refractivity contribution in [3.63, 3.8) is 0 Å². The SMILES string of the molecule is O=C(CCC1Cc2ccccc2NC1=O)NCc1ccc2c(c1)OCCO2. The fourth-order valence-corrected chi connectivity index (χ4v) is 3.44. The third-order valence-corrected chi connectivity index (χ3v) is 4.93. The summed E-state index contributed by atoms with van der Waals surface area (Å²) in [5.41, 5.74) is 2.96. The van der Waals surface area contributed by atoms with Gasteiger partial charge in [0.25, 0.3) is 0 Å². The number of carbonyl (C=O) groups is 2.